The second kappa shape index (κ2) is 13.1. The zero-order valence-electron chi connectivity index (χ0n) is 37.4. The molecule has 2 nitrogen and oxygen atoms in total. The van der Waals surface area contributed by atoms with E-state index in [1.54, 1.807) is 11.1 Å². The van der Waals surface area contributed by atoms with E-state index < -0.39 is 5.41 Å². The average molecular weight is 857 g/mol. The van der Waals surface area contributed by atoms with Crippen LogP contribution in [-0.2, 0) is 10.8 Å². The summed E-state index contributed by atoms with van der Waals surface area (Å²) in [5.41, 5.74) is 23.7. The largest absolute Gasteiger partial charge is 0.310 e. The van der Waals surface area contributed by atoms with Crippen molar-refractivity contribution in [3.05, 3.63) is 240 Å². The molecule has 2 spiro atoms. The molecule has 7 aliphatic rings. The third-order valence-electron chi connectivity index (χ3n) is 18.0. The first-order valence-electron chi connectivity index (χ1n) is 24.8. The van der Waals surface area contributed by atoms with Gasteiger partial charge in [0, 0.05) is 38.9 Å². The standard InChI is InChI=1S/C65H48N2/c1-2-14-44(15-3-1)67-62-25-13-8-20-54(62)55-31-28-47(39-63(55)67)66(45-26-29-52-50-18-4-9-21-56(50)64(60(52)37-45)42-33-40-32-41(35-42)36-43(64)34-40)46-27-30-53-51-19-7-12-24-59(51)65(61(53)38-46)57-22-10-5-16-48(57)49-17-6-11-23-58(49)65/h1-31,37-43H,32-36H2. The number of benzene rings is 9. The SMILES string of the molecule is c1ccc(-n2c3ccccc3c3ccc(N(c4ccc5c(c4)C4(c6ccccc6-c6ccccc64)c4ccccc4-5)c4ccc5c(c4)C4(c6ccccc6-5)C5CC6CC(C5)CC4C6)cc32)cc1. The Labute approximate surface area is 391 Å². The first kappa shape index (κ1) is 36.8. The summed E-state index contributed by atoms with van der Waals surface area (Å²) in [6.45, 7) is 0. The van der Waals surface area contributed by atoms with E-state index in [9.17, 15) is 0 Å². The molecule has 0 N–H and O–H groups in total. The van der Waals surface area contributed by atoms with Gasteiger partial charge in [-0.3, -0.25) is 0 Å². The predicted molar refractivity (Wildman–Crippen MR) is 275 cm³/mol. The Morgan fingerprint density at radius 3 is 1.42 bits per heavy atom. The van der Waals surface area contributed by atoms with Crippen molar-refractivity contribution >= 4 is 38.9 Å². The van der Waals surface area contributed by atoms with Crippen molar-refractivity contribution in [2.24, 2.45) is 23.7 Å². The van der Waals surface area contributed by atoms with E-state index in [0.717, 1.165) is 11.8 Å². The molecule has 9 aromatic carbocycles. The maximum Gasteiger partial charge on any atom is 0.0726 e. The number of fused-ring (bicyclic) bond motifs is 16. The van der Waals surface area contributed by atoms with Gasteiger partial charge in [-0.2, -0.15) is 0 Å². The molecule has 4 fully saturated rings. The molecule has 0 radical (unpaired) electrons. The van der Waals surface area contributed by atoms with Crippen molar-refractivity contribution in [3.8, 4) is 39.1 Å². The van der Waals surface area contributed by atoms with Gasteiger partial charge in [0.2, 0.25) is 0 Å². The smallest absolute Gasteiger partial charge is 0.0726 e. The van der Waals surface area contributed by atoms with Crippen LogP contribution in [0.1, 0.15) is 65.5 Å². The Morgan fingerprint density at radius 2 is 0.791 bits per heavy atom. The Bertz CT molecular complexity index is 3650. The van der Waals surface area contributed by atoms with Gasteiger partial charge in [-0.15, -0.1) is 0 Å². The van der Waals surface area contributed by atoms with Gasteiger partial charge in [-0.25, -0.2) is 0 Å². The summed E-state index contributed by atoms with van der Waals surface area (Å²) in [6.07, 6.45) is 6.92. The lowest BCUT2D eigenvalue weighted by molar-refractivity contribution is -0.0399. The molecule has 2 heteroatoms. The number of hydrogen-bond donors (Lipinski definition) is 0. The summed E-state index contributed by atoms with van der Waals surface area (Å²) in [4.78, 5) is 2.61. The van der Waals surface area contributed by atoms with E-state index in [-0.39, 0.29) is 5.41 Å². The van der Waals surface area contributed by atoms with Crippen molar-refractivity contribution in [3.63, 3.8) is 0 Å². The highest BCUT2D eigenvalue weighted by Crippen LogP contribution is 2.70. The van der Waals surface area contributed by atoms with Crippen molar-refractivity contribution in [2.45, 2.75) is 42.9 Å². The lowest BCUT2D eigenvalue weighted by Crippen LogP contribution is -2.55. The van der Waals surface area contributed by atoms with Crippen LogP contribution in [0.5, 0.6) is 0 Å². The van der Waals surface area contributed by atoms with Gasteiger partial charge < -0.3 is 9.47 Å². The number of rotatable bonds is 4. The molecule has 0 amide bonds. The molecule has 4 saturated carbocycles. The van der Waals surface area contributed by atoms with E-state index in [1.807, 2.05) is 0 Å². The molecular formula is C65H48N2. The highest BCUT2D eigenvalue weighted by molar-refractivity contribution is 6.10. The third kappa shape index (κ3) is 4.57. The fraction of sp³-hybridized carbons (Fsp3) is 0.169. The van der Waals surface area contributed by atoms with Gasteiger partial charge in [-0.05, 0) is 177 Å². The van der Waals surface area contributed by atoms with Crippen LogP contribution in [-0.4, -0.2) is 4.57 Å². The highest BCUT2D eigenvalue weighted by atomic mass is 15.1. The van der Waals surface area contributed by atoms with Crippen LogP contribution in [0.25, 0.3) is 60.9 Å². The molecule has 1 aromatic heterocycles. The Kier molecular flexibility index (Phi) is 7.21. The number of nitrogens with zero attached hydrogens (tertiary/aromatic N) is 2. The molecule has 4 bridgehead atoms. The second-order valence-electron chi connectivity index (χ2n) is 20.8. The lowest BCUT2D eigenvalue weighted by Gasteiger charge is -2.61. The maximum atomic E-state index is 2.67. The van der Waals surface area contributed by atoms with Gasteiger partial charge in [0.25, 0.3) is 0 Å². The minimum absolute atomic E-state index is 0.0611. The average Bonchev–Trinajstić information content (AvgIpc) is 4.06. The van der Waals surface area contributed by atoms with Crippen LogP contribution in [0.15, 0.2) is 206 Å². The minimum atomic E-state index is -0.436. The normalized spacial score (nSPS) is 22.5. The number of aromatic nitrogens is 1. The van der Waals surface area contributed by atoms with Gasteiger partial charge in [0.15, 0.2) is 0 Å². The zero-order chi connectivity index (χ0) is 43.6. The topological polar surface area (TPSA) is 8.17 Å². The van der Waals surface area contributed by atoms with Crippen LogP contribution < -0.4 is 4.90 Å². The first-order valence-corrected chi connectivity index (χ1v) is 24.8. The minimum Gasteiger partial charge on any atom is -0.310 e. The fourth-order valence-electron chi connectivity index (χ4n) is 15.9. The molecule has 0 unspecified atom stereocenters. The van der Waals surface area contributed by atoms with Crippen molar-refractivity contribution in [1.82, 2.24) is 4.57 Å². The van der Waals surface area contributed by atoms with E-state index in [1.165, 1.54) is 132 Å². The molecular weight excluding hydrogens is 809 g/mol. The van der Waals surface area contributed by atoms with Gasteiger partial charge in [0.1, 0.15) is 0 Å². The summed E-state index contributed by atoms with van der Waals surface area (Å²) in [7, 11) is 0. The van der Waals surface area contributed by atoms with Gasteiger partial charge in [-0.1, -0.05) is 152 Å². The summed E-state index contributed by atoms with van der Waals surface area (Å²) in [5.74, 6) is 3.16. The monoisotopic (exact) mass is 856 g/mol. The molecule has 0 aliphatic heterocycles. The van der Waals surface area contributed by atoms with E-state index >= 15 is 0 Å². The molecule has 1 heterocycles. The summed E-state index contributed by atoms with van der Waals surface area (Å²) < 4.78 is 2.47. The summed E-state index contributed by atoms with van der Waals surface area (Å²) in [6, 6.07) is 79.2. The van der Waals surface area contributed by atoms with E-state index in [0.29, 0.717) is 11.8 Å². The number of anilines is 3. The van der Waals surface area contributed by atoms with E-state index in [2.05, 4.69) is 216 Å². The predicted octanol–water partition coefficient (Wildman–Crippen LogP) is 16.3. The quantitative estimate of drug-likeness (QED) is 0.171. The third-order valence-corrected chi connectivity index (χ3v) is 18.0. The Balaban J connectivity index is 0.975. The van der Waals surface area contributed by atoms with Crippen LogP contribution in [0.3, 0.4) is 0 Å². The van der Waals surface area contributed by atoms with Gasteiger partial charge >= 0.3 is 0 Å². The Hall–Kier alpha value is -7.42. The lowest BCUT2D eigenvalue weighted by atomic mass is 9.43. The summed E-state index contributed by atoms with van der Waals surface area (Å²) >= 11 is 0. The summed E-state index contributed by atoms with van der Waals surface area (Å²) in [5, 5.41) is 2.54. The van der Waals surface area contributed by atoms with Crippen LogP contribution in [0.4, 0.5) is 17.1 Å². The highest BCUT2D eigenvalue weighted by Gasteiger charge is 2.61. The molecule has 67 heavy (non-hydrogen) atoms. The van der Waals surface area contributed by atoms with Crippen LogP contribution >= 0.6 is 0 Å². The molecule has 0 atom stereocenters. The maximum absolute atomic E-state index is 2.67. The van der Waals surface area contributed by atoms with Gasteiger partial charge in [0.05, 0.1) is 16.4 Å². The van der Waals surface area contributed by atoms with Crippen molar-refractivity contribution in [2.75, 3.05) is 4.90 Å². The van der Waals surface area contributed by atoms with E-state index in [4.69, 9.17) is 0 Å². The molecule has 10 aromatic rings. The first-order chi connectivity index (χ1) is 33.2. The number of para-hydroxylation sites is 2. The molecule has 7 aliphatic carbocycles. The molecule has 17 rings (SSSR count). The van der Waals surface area contributed by atoms with Crippen molar-refractivity contribution in [1.29, 1.82) is 0 Å². The van der Waals surface area contributed by atoms with Crippen molar-refractivity contribution < 1.29 is 0 Å². The van der Waals surface area contributed by atoms with Crippen LogP contribution in [0.2, 0.25) is 0 Å². The molecule has 318 valence electrons. The zero-order valence-corrected chi connectivity index (χ0v) is 37.4. The molecule has 0 saturated heterocycles. The second-order valence-corrected chi connectivity index (χ2v) is 20.8. The number of hydrogen-bond acceptors (Lipinski definition) is 1. The van der Waals surface area contributed by atoms with Crippen LogP contribution in [0, 0.1) is 23.7 Å². The Morgan fingerprint density at radius 1 is 0.343 bits per heavy atom. The fourth-order valence-corrected chi connectivity index (χ4v) is 15.9.